The Morgan fingerprint density at radius 2 is 2.12 bits per heavy atom. The van der Waals surface area contributed by atoms with Gasteiger partial charge in [-0.2, -0.15) is 0 Å². The molecule has 1 rings (SSSR count). The number of halogens is 2. The molecule has 1 unspecified atom stereocenters. The maximum Gasteiger partial charge on any atom is 0.129 e. The van der Waals surface area contributed by atoms with E-state index >= 15 is 0 Å². The maximum atomic E-state index is 13.7. The number of nitrogens with one attached hydrogen (secondary N) is 1. The van der Waals surface area contributed by atoms with Gasteiger partial charge in [-0.3, -0.25) is 0 Å². The highest BCUT2D eigenvalue weighted by Gasteiger charge is 2.18. The molecule has 16 heavy (non-hydrogen) atoms. The second-order valence-corrected chi connectivity index (χ2v) is 4.50. The van der Waals surface area contributed by atoms with E-state index in [4.69, 9.17) is 16.7 Å². The molecular formula is C12H17ClFNO. The number of aliphatic hydroxyl groups excluding tert-OH is 1. The fourth-order valence-electron chi connectivity index (χ4n) is 1.68. The van der Waals surface area contributed by atoms with Crippen molar-refractivity contribution in [3.8, 4) is 0 Å². The van der Waals surface area contributed by atoms with Crippen LogP contribution in [0.3, 0.4) is 0 Å². The van der Waals surface area contributed by atoms with Crippen molar-refractivity contribution >= 4 is 11.6 Å². The molecule has 0 spiro atoms. The van der Waals surface area contributed by atoms with Gasteiger partial charge in [-0.25, -0.2) is 4.39 Å². The third kappa shape index (κ3) is 3.44. The van der Waals surface area contributed by atoms with Crippen molar-refractivity contribution in [3.05, 3.63) is 34.6 Å². The van der Waals surface area contributed by atoms with Gasteiger partial charge in [0.1, 0.15) is 5.82 Å². The Morgan fingerprint density at radius 3 is 2.62 bits per heavy atom. The molecule has 0 heterocycles. The summed E-state index contributed by atoms with van der Waals surface area (Å²) < 4.78 is 13.7. The van der Waals surface area contributed by atoms with Gasteiger partial charge in [0.15, 0.2) is 0 Å². The van der Waals surface area contributed by atoms with E-state index in [2.05, 4.69) is 5.32 Å². The summed E-state index contributed by atoms with van der Waals surface area (Å²) in [6.07, 6.45) is 0. The molecule has 0 amide bonds. The molecule has 0 aromatic heterocycles. The minimum Gasteiger partial charge on any atom is -0.395 e. The fraction of sp³-hybridized carbons (Fsp3) is 0.500. The highest BCUT2D eigenvalue weighted by molar-refractivity contribution is 6.30. The molecule has 4 heteroatoms. The number of aliphatic hydroxyl groups is 1. The summed E-state index contributed by atoms with van der Waals surface area (Å²) in [5.74, 6) is -0.0705. The largest absolute Gasteiger partial charge is 0.395 e. The van der Waals surface area contributed by atoms with Crippen LogP contribution in [0.2, 0.25) is 5.02 Å². The van der Waals surface area contributed by atoms with Crippen LogP contribution in [-0.4, -0.2) is 18.3 Å². The zero-order valence-corrected chi connectivity index (χ0v) is 10.3. The lowest BCUT2D eigenvalue weighted by Crippen LogP contribution is -2.29. The van der Waals surface area contributed by atoms with Gasteiger partial charge in [0.05, 0.1) is 6.61 Å². The van der Waals surface area contributed by atoms with Crippen molar-refractivity contribution in [3.63, 3.8) is 0 Å². The van der Waals surface area contributed by atoms with Crippen LogP contribution in [0.15, 0.2) is 18.2 Å². The van der Waals surface area contributed by atoms with E-state index in [1.165, 1.54) is 6.07 Å². The average molecular weight is 246 g/mol. The fourth-order valence-corrected chi connectivity index (χ4v) is 1.84. The van der Waals surface area contributed by atoms with E-state index in [1.54, 1.807) is 12.1 Å². The molecular weight excluding hydrogens is 229 g/mol. The Hall–Kier alpha value is -0.640. The zero-order chi connectivity index (χ0) is 12.1. The molecule has 0 radical (unpaired) electrons. The maximum absolute atomic E-state index is 13.7. The quantitative estimate of drug-likeness (QED) is 0.836. The van der Waals surface area contributed by atoms with Gasteiger partial charge < -0.3 is 10.4 Å². The Kier molecular flexibility index (Phi) is 5.19. The predicted molar refractivity (Wildman–Crippen MR) is 64.1 cm³/mol. The lowest BCUT2D eigenvalue weighted by molar-refractivity contribution is 0.273. The van der Waals surface area contributed by atoms with Gasteiger partial charge in [0.2, 0.25) is 0 Å². The van der Waals surface area contributed by atoms with Crippen LogP contribution >= 0.6 is 11.6 Å². The summed E-state index contributed by atoms with van der Waals surface area (Å²) in [6.45, 7) is 4.50. The lowest BCUT2D eigenvalue weighted by atomic mass is 9.95. The molecule has 0 aliphatic carbocycles. The number of hydrogen-bond donors (Lipinski definition) is 2. The molecule has 1 aromatic rings. The first-order valence-electron chi connectivity index (χ1n) is 5.35. The van der Waals surface area contributed by atoms with E-state index in [-0.39, 0.29) is 24.4 Å². The topological polar surface area (TPSA) is 32.3 Å². The minimum atomic E-state index is -0.309. The normalized spacial score (nSPS) is 13.1. The molecule has 0 saturated carbocycles. The molecule has 0 saturated heterocycles. The molecule has 0 aliphatic rings. The predicted octanol–water partition coefficient (Wildman–Crippen LogP) is 2.76. The van der Waals surface area contributed by atoms with Gasteiger partial charge in [0, 0.05) is 23.2 Å². The van der Waals surface area contributed by atoms with E-state index in [9.17, 15) is 4.39 Å². The summed E-state index contributed by atoms with van der Waals surface area (Å²) >= 11 is 5.71. The Morgan fingerprint density at radius 1 is 1.44 bits per heavy atom. The minimum absolute atomic E-state index is 0.0401. The highest BCUT2D eigenvalue weighted by Crippen LogP contribution is 2.26. The first kappa shape index (κ1) is 13.4. The summed E-state index contributed by atoms with van der Waals surface area (Å²) in [5.41, 5.74) is 0.591. The van der Waals surface area contributed by atoms with Crippen LogP contribution in [-0.2, 0) is 0 Å². The van der Waals surface area contributed by atoms with Gasteiger partial charge in [-0.1, -0.05) is 31.5 Å². The second kappa shape index (κ2) is 6.18. The highest BCUT2D eigenvalue weighted by atomic mass is 35.5. The lowest BCUT2D eigenvalue weighted by Gasteiger charge is -2.23. The van der Waals surface area contributed by atoms with Crippen LogP contribution < -0.4 is 5.32 Å². The third-order valence-electron chi connectivity index (χ3n) is 2.44. The summed E-state index contributed by atoms with van der Waals surface area (Å²) in [6, 6.07) is 4.57. The molecule has 2 N–H and O–H groups in total. The van der Waals surface area contributed by atoms with Crippen molar-refractivity contribution in [2.45, 2.75) is 19.9 Å². The first-order chi connectivity index (χ1) is 7.56. The van der Waals surface area contributed by atoms with Crippen LogP contribution in [0.4, 0.5) is 4.39 Å². The van der Waals surface area contributed by atoms with Crippen LogP contribution in [0.1, 0.15) is 25.5 Å². The number of hydrogen-bond acceptors (Lipinski definition) is 2. The number of rotatable bonds is 5. The van der Waals surface area contributed by atoms with Gasteiger partial charge in [-0.05, 0) is 18.1 Å². The Bertz CT molecular complexity index is 344. The monoisotopic (exact) mass is 245 g/mol. The van der Waals surface area contributed by atoms with Crippen molar-refractivity contribution in [2.24, 2.45) is 5.92 Å². The summed E-state index contributed by atoms with van der Waals surface area (Å²) in [4.78, 5) is 0. The van der Waals surface area contributed by atoms with Crippen LogP contribution in [0.25, 0.3) is 0 Å². The summed E-state index contributed by atoms with van der Waals surface area (Å²) in [5, 5.41) is 12.3. The van der Waals surface area contributed by atoms with Gasteiger partial charge in [0.25, 0.3) is 0 Å². The molecule has 2 nitrogen and oxygen atoms in total. The molecule has 90 valence electrons. The van der Waals surface area contributed by atoms with Crippen molar-refractivity contribution in [1.82, 2.24) is 5.32 Å². The smallest absolute Gasteiger partial charge is 0.129 e. The van der Waals surface area contributed by atoms with E-state index in [0.717, 1.165) is 0 Å². The van der Waals surface area contributed by atoms with Gasteiger partial charge >= 0.3 is 0 Å². The van der Waals surface area contributed by atoms with Crippen LogP contribution in [0, 0.1) is 11.7 Å². The van der Waals surface area contributed by atoms with Gasteiger partial charge in [-0.15, -0.1) is 0 Å². The Labute approximate surface area is 100 Å². The molecule has 1 aromatic carbocycles. The zero-order valence-electron chi connectivity index (χ0n) is 9.50. The van der Waals surface area contributed by atoms with E-state index < -0.39 is 0 Å². The van der Waals surface area contributed by atoms with E-state index in [0.29, 0.717) is 17.1 Å². The standard InChI is InChI=1S/C12H17ClFNO/c1-8(2)12(15-5-6-16)10-4-3-9(13)7-11(10)14/h3-4,7-8,12,15-16H,5-6H2,1-2H3. The molecule has 0 bridgehead atoms. The van der Waals surface area contributed by atoms with Crippen LogP contribution in [0.5, 0.6) is 0 Å². The van der Waals surface area contributed by atoms with Crippen molar-refractivity contribution in [1.29, 1.82) is 0 Å². The first-order valence-corrected chi connectivity index (χ1v) is 5.73. The second-order valence-electron chi connectivity index (χ2n) is 4.07. The SMILES string of the molecule is CC(C)C(NCCO)c1ccc(Cl)cc1F. The number of benzene rings is 1. The third-order valence-corrected chi connectivity index (χ3v) is 2.68. The summed E-state index contributed by atoms with van der Waals surface area (Å²) in [7, 11) is 0. The Balaban J connectivity index is 2.92. The van der Waals surface area contributed by atoms with E-state index in [1.807, 2.05) is 13.8 Å². The molecule has 0 fully saturated rings. The molecule has 1 atom stereocenters. The molecule has 0 aliphatic heterocycles. The van der Waals surface area contributed by atoms with Crippen molar-refractivity contribution < 1.29 is 9.50 Å². The average Bonchev–Trinajstić information content (AvgIpc) is 2.20. The van der Waals surface area contributed by atoms with Crippen molar-refractivity contribution in [2.75, 3.05) is 13.2 Å².